The number of ether oxygens (including phenoxy) is 2. The fraction of sp³-hybridized carbons (Fsp3) is 0.300. The van der Waals surface area contributed by atoms with E-state index in [4.69, 9.17) is 9.47 Å². The van der Waals surface area contributed by atoms with Crippen molar-refractivity contribution in [1.29, 1.82) is 0 Å². The zero-order valence-electron chi connectivity index (χ0n) is 15.5. The molecular weight excluding hydrogens is 346 g/mol. The van der Waals surface area contributed by atoms with Crippen LogP contribution < -0.4 is 14.8 Å². The number of anilines is 1. The SMILES string of the molecule is COc1ccc(C(=O)N2CCN(C(=O)Nc3ccccc3)CC2)c(OC)c1. The quantitative estimate of drug-likeness (QED) is 0.900. The molecule has 1 N–H and O–H groups in total. The van der Waals surface area contributed by atoms with Crippen LogP contribution in [0, 0.1) is 0 Å². The fourth-order valence-corrected chi connectivity index (χ4v) is 2.98. The largest absolute Gasteiger partial charge is 0.497 e. The van der Waals surface area contributed by atoms with Gasteiger partial charge in [0.2, 0.25) is 0 Å². The van der Waals surface area contributed by atoms with Gasteiger partial charge < -0.3 is 24.6 Å². The molecule has 27 heavy (non-hydrogen) atoms. The predicted molar refractivity (Wildman–Crippen MR) is 102 cm³/mol. The van der Waals surface area contributed by atoms with E-state index in [1.807, 2.05) is 30.3 Å². The van der Waals surface area contributed by atoms with Gasteiger partial charge in [0.1, 0.15) is 11.5 Å². The Morgan fingerprint density at radius 2 is 1.56 bits per heavy atom. The van der Waals surface area contributed by atoms with Gasteiger partial charge in [0.25, 0.3) is 5.91 Å². The second-order valence-corrected chi connectivity index (χ2v) is 6.14. The van der Waals surface area contributed by atoms with Crippen LogP contribution in [0.3, 0.4) is 0 Å². The first-order valence-corrected chi connectivity index (χ1v) is 8.74. The Bertz CT molecular complexity index is 802. The van der Waals surface area contributed by atoms with Crippen molar-refractivity contribution in [2.75, 3.05) is 45.7 Å². The maximum atomic E-state index is 12.8. The molecular formula is C20H23N3O4. The highest BCUT2D eigenvalue weighted by atomic mass is 16.5. The summed E-state index contributed by atoms with van der Waals surface area (Å²) in [7, 11) is 3.09. The third-order valence-electron chi connectivity index (χ3n) is 4.52. The second-order valence-electron chi connectivity index (χ2n) is 6.14. The number of carbonyl (C=O) groups excluding carboxylic acids is 2. The van der Waals surface area contributed by atoms with Crippen LogP contribution in [0.2, 0.25) is 0 Å². The standard InChI is InChI=1S/C20H23N3O4/c1-26-16-8-9-17(18(14-16)27-2)19(24)22-10-12-23(13-11-22)20(25)21-15-6-4-3-5-7-15/h3-9,14H,10-13H2,1-2H3,(H,21,25). The normalized spacial score (nSPS) is 13.9. The van der Waals surface area contributed by atoms with Gasteiger partial charge in [-0.05, 0) is 24.3 Å². The summed E-state index contributed by atoms with van der Waals surface area (Å²) in [6.45, 7) is 1.89. The Morgan fingerprint density at radius 3 is 2.19 bits per heavy atom. The van der Waals surface area contributed by atoms with Crippen LogP contribution in [0.1, 0.15) is 10.4 Å². The molecule has 3 amide bonds. The fourth-order valence-electron chi connectivity index (χ4n) is 2.98. The first-order chi connectivity index (χ1) is 13.1. The van der Waals surface area contributed by atoms with E-state index >= 15 is 0 Å². The number of hydrogen-bond acceptors (Lipinski definition) is 4. The van der Waals surface area contributed by atoms with Crippen molar-refractivity contribution in [3.05, 3.63) is 54.1 Å². The van der Waals surface area contributed by atoms with Crippen LogP contribution in [-0.4, -0.2) is 62.1 Å². The summed E-state index contributed by atoms with van der Waals surface area (Å²) in [5.74, 6) is 0.993. The lowest BCUT2D eigenvalue weighted by Gasteiger charge is -2.35. The molecule has 1 aliphatic heterocycles. The smallest absolute Gasteiger partial charge is 0.321 e. The first kappa shape index (κ1) is 18.6. The van der Waals surface area contributed by atoms with E-state index in [0.717, 1.165) is 5.69 Å². The summed E-state index contributed by atoms with van der Waals surface area (Å²) in [4.78, 5) is 28.6. The Balaban J connectivity index is 1.60. The maximum Gasteiger partial charge on any atom is 0.321 e. The number of nitrogens with zero attached hydrogens (tertiary/aromatic N) is 2. The maximum absolute atomic E-state index is 12.8. The molecule has 1 saturated heterocycles. The zero-order chi connectivity index (χ0) is 19.2. The van der Waals surface area contributed by atoms with Crippen molar-refractivity contribution in [2.24, 2.45) is 0 Å². The third kappa shape index (κ3) is 4.31. The molecule has 0 bridgehead atoms. The molecule has 1 heterocycles. The summed E-state index contributed by atoms with van der Waals surface area (Å²) in [6.07, 6.45) is 0. The average Bonchev–Trinajstić information content (AvgIpc) is 2.73. The third-order valence-corrected chi connectivity index (χ3v) is 4.52. The molecule has 142 valence electrons. The minimum absolute atomic E-state index is 0.113. The summed E-state index contributed by atoms with van der Waals surface area (Å²) < 4.78 is 10.5. The van der Waals surface area contributed by atoms with E-state index in [0.29, 0.717) is 43.2 Å². The molecule has 0 spiro atoms. The molecule has 0 aromatic heterocycles. The Morgan fingerprint density at radius 1 is 0.889 bits per heavy atom. The van der Waals surface area contributed by atoms with Crippen LogP contribution in [0.15, 0.2) is 48.5 Å². The van der Waals surface area contributed by atoms with E-state index in [-0.39, 0.29) is 11.9 Å². The number of carbonyl (C=O) groups is 2. The lowest BCUT2D eigenvalue weighted by Crippen LogP contribution is -2.51. The van der Waals surface area contributed by atoms with Gasteiger partial charge in [-0.3, -0.25) is 4.79 Å². The van der Waals surface area contributed by atoms with Crippen LogP contribution in [0.5, 0.6) is 11.5 Å². The highest BCUT2D eigenvalue weighted by molar-refractivity contribution is 5.97. The first-order valence-electron chi connectivity index (χ1n) is 8.74. The van der Waals surface area contributed by atoms with Crippen molar-refractivity contribution in [1.82, 2.24) is 9.80 Å². The minimum Gasteiger partial charge on any atom is -0.497 e. The molecule has 2 aromatic rings. The van der Waals surface area contributed by atoms with Gasteiger partial charge in [-0.15, -0.1) is 0 Å². The number of para-hydroxylation sites is 1. The summed E-state index contributed by atoms with van der Waals surface area (Å²) in [6, 6.07) is 14.3. The molecule has 0 saturated carbocycles. The molecule has 2 aromatic carbocycles. The van der Waals surface area contributed by atoms with Crippen LogP contribution >= 0.6 is 0 Å². The Hall–Kier alpha value is -3.22. The van der Waals surface area contributed by atoms with Crippen molar-refractivity contribution >= 4 is 17.6 Å². The summed E-state index contributed by atoms with van der Waals surface area (Å²) in [5, 5.41) is 2.87. The van der Waals surface area contributed by atoms with Gasteiger partial charge in [-0.1, -0.05) is 18.2 Å². The van der Waals surface area contributed by atoms with Crippen LogP contribution in [-0.2, 0) is 0 Å². The number of urea groups is 1. The van der Waals surface area contributed by atoms with Gasteiger partial charge in [0.15, 0.2) is 0 Å². The molecule has 0 atom stereocenters. The Kier molecular flexibility index (Phi) is 5.80. The molecule has 7 nitrogen and oxygen atoms in total. The van der Waals surface area contributed by atoms with Crippen LogP contribution in [0.4, 0.5) is 10.5 Å². The lowest BCUT2D eigenvalue weighted by molar-refractivity contribution is 0.0668. The molecule has 0 unspecified atom stereocenters. The van der Waals surface area contributed by atoms with Crippen molar-refractivity contribution in [3.63, 3.8) is 0 Å². The zero-order valence-corrected chi connectivity index (χ0v) is 15.5. The molecule has 0 radical (unpaired) electrons. The van der Waals surface area contributed by atoms with E-state index in [1.54, 1.807) is 35.1 Å². The molecule has 3 rings (SSSR count). The number of nitrogens with one attached hydrogen (secondary N) is 1. The van der Waals surface area contributed by atoms with Gasteiger partial charge in [-0.25, -0.2) is 4.79 Å². The number of hydrogen-bond donors (Lipinski definition) is 1. The second kappa shape index (κ2) is 8.44. The lowest BCUT2D eigenvalue weighted by atomic mass is 10.1. The average molecular weight is 369 g/mol. The minimum atomic E-state index is -0.157. The predicted octanol–water partition coefficient (Wildman–Crippen LogP) is 2.69. The number of rotatable bonds is 4. The van der Waals surface area contributed by atoms with Gasteiger partial charge >= 0.3 is 6.03 Å². The molecule has 1 fully saturated rings. The van der Waals surface area contributed by atoms with Gasteiger partial charge in [0, 0.05) is 37.9 Å². The topological polar surface area (TPSA) is 71.1 Å². The summed E-state index contributed by atoms with van der Waals surface area (Å²) >= 11 is 0. The highest BCUT2D eigenvalue weighted by Crippen LogP contribution is 2.26. The Labute approximate surface area is 158 Å². The van der Waals surface area contributed by atoms with Crippen LogP contribution in [0.25, 0.3) is 0 Å². The highest BCUT2D eigenvalue weighted by Gasteiger charge is 2.26. The van der Waals surface area contributed by atoms with Gasteiger partial charge in [0.05, 0.1) is 19.8 Å². The van der Waals surface area contributed by atoms with E-state index < -0.39 is 0 Å². The van der Waals surface area contributed by atoms with Crippen molar-refractivity contribution in [2.45, 2.75) is 0 Å². The molecule has 0 aliphatic carbocycles. The number of amides is 3. The molecule has 1 aliphatic rings. The van der Waals surface area contributed by atoms with E-state index in [1.165, 1.54) is 7.11 Å². The monoisotopic (exact) mass is 369 g/mol. The molecule has 7 heteroatoms. The van der Waals surface area contributed by atoms with E-state index in [2.05, 4.69) is 5.32 Å². The van der Waals surface area contributed by atoms with E-state index in [9.17, 15) is 9.59 Å². The number of benzene rings is 2. The number of piperazine rings is 1. The van der Waals surface area contributed by atoms with Crippen molar-refractivity contribution in [3.8, 4) is 11.5 Å². The van der Waals surface area contributed by atoms with Gasteiger partial charge in [-0.2, -0.15) is 0 Å². The summed E-state index contributed by atoms with van der Waals surface area (Å²) in [5.41, 5.74) is 1.24. The van der Waals surface area contributed by atoms with Crippen molar-refractivity contribution < 1.29 is 19.1 Å². The number of methoxy groups -OCH3 is 2.